The van der Waals surface area contributed by atoms with Crippen LogP contribution in [-0.2, 0) is 0 Å². The van der Waals surface area contributed by atoms with Crippen molar-refractivity contribution >= 4 is 23.2 Å². The Hall–Kier alpha value is -3.01. The van der Waals surface area contributed by atoms with Gasteiger partial charge in [-0.1, -0.05) is 5.10 Å². The number of methoxy groups -OCH3 is 1. The van der Waals surface area contributed by atoms with Crippen molar-refractivity contribution in [2.24, 2.45) is 0 Å². The lowest BCUT2D eigenvalue weighted by Crippen LogP contribution is -2.13. The lowest BCUT2D eigenvalue weighted by Gasteiger charge is -2.04. The van der Waals surface area contributed by atoms with E-state index in [9.17, 15) is 9.90 Å². The maximum absolute atomic E-state index is 12.0. The molecule has 22 heavy (non-hydrogen) atoms. The van der Waals surface area contributed by atoms with Gasteiger partial charge in [-0.15, -0.1) is 16.4 Å². The van der Waals surface area contributed by atoms with Gasteiger partial charge in [-0.25, -0.2) is 4.98 Å². The number of carbonyl (C=O) groups is 1. The topological polar surface area (TPSA) is 126 Å². The molecule has 0 saturated heterocycles. The van der Waals surface area contributed by atoms with Crippen LogP contribution in [-0.4, -0.2) is 43.7 Å². The van der Waals surface area contributed by atoms with Crippen LogP contribution in [0.5, 0.6) is 11.5 Å². The fourth-order valence-electron chi connectivity index (χ4n) is 1.70. The average molecular weight is 318 g/mol. The number of amides is 1. The molecule has 1 amide bonds. The minimum atomic E-state index is -0.466. The quantitative estimate of drug-likeness (QED) is 0.661. The fourth-order valence-corrected chi connectivity index (χ4v) is 2.52. The van der Waals surface area contributed by atoms with Gasteiger partial charge in [-0.3, -0.25) is 10.1 Å². The van der Waals surface area contributed by atoms with Crippen molar-refractivity contribution < 1.29 is 14.6 Å². The summed E-state index contributed by atoms with van der Waals surface area (Å²) in [7, 11) is 1.53. The van der Waals surface area contributed by atoms with E-state index in [1.54, 1.807) is 17.5 Å². The summed E-state index contributed by atoms with van der Waals surface area (Å²) < 4.78 is 5.12. The highest BCUT2D eigenvalue weighted by molar-refractivity contribution is 7.13. The van der Waals surface area contributed by atoms with Gasteiger partial charge in [0.2, 0.25) is 0 Å². The minimum Gasteiger partial charge on any atom is -0.507 e. The number of tetrazole rings is 1. The van der Waals surface area contributed by atoms with E-state index >= 15 is 0 Å². The lowest BCUT2D eigenvalue weighted by molar-refractivity contribution is 0.102. The molecule has 0 fully saturated rings. The number of ether oxygens (including phenoxy) is 1. The average Bonchev–Trinajstić information content (AvgIpc) is 3.19. The van der Waals surface area contributed by atoms with E-state index in [0.29, 0.717) is 16.3 Å². The highest BCUT2D eigenvalue weighted by Gasteiger charge is 2.16. The first-order valence-electron chi connectivity index (χ1n) is 6.05. The Bertz CT molecular complexity index is 801. The molecule has 112 valence electrons. The number of hydrogen-bond acceptors (Lipinski definition) is 8. The van der Waals surface area contributed by atoms with Gasteiger partial charge < -0.3 is 9.84 Å². The third-order valence-corrected chi connectivity index (χ3v) is 3.62. The SMILES string of the molecule is COc1ccc(O)c(-c2nc(C(=O)Nc3nn[nH]n3)cs2)c1. The van der Waals surface area contributed by atoms with Crippen LogP contribution in [0.25, 0.3) is 10.6 Å². The summed E-state index contributed by atoms with van der Waals surface area (Å²) in [6, 6.07) is 4.79. The van der Waals surface area contributed by atoms with Gasteiger partial charge in [-0.2, -0.15) is 5.21 Å². The number of phenolic OH excluding ortho intramolecular Hbond substituents is 1. The largest absolute Gasteiger partial charge is 0.507 e. The molecule has 1 aromatic carbocycles. The molecule has 10 heteroatoms. The molecule has 3 rings (SSSR count). The normalized spacial score (nSPS) is 10.4. The predicted octanol–water partition coefficient (Wildman–Crippen LogP) is 1.29. The number of hydrogen-bond donors (Lipinski definition) is 3. The number of carbonyl (C=O) groups excluding carboxylic acids is 1. The Morgan fingerprint density at radius 2 is 2.32 bits per heavy atom. The Morgan fingerprint density at radius 3 is 3.05 bits per heavy atom. The summed E-state index contributed by atoms with van der Waals surface area (Å²) in [6.45, 7) is 0. The molecule has 0 atom stereocenters. The first-order valence-corrected chi connectivity index (χ1v) is 6.93. The number of H-pyrrole nitrogens is 1. The van der Waals surface area contributed by atoms with E-state index in [1.807, 2.05) is 0 Å². The molecule has 0 aliphatic rings. The number of nitrogens with one attached hydrogen (secondary N) is 2. The second kappa shape index (κ2) is 5.77. The number of aromatic nitrogens is 5. The zero-order valence-electron chi connectivity index (χ0n) is 11.3. The lowest BCUT2D eigenvalue weighted by atomic mass is 10.2. The number of anilines is 1. The second-order valence-corrected chi connectivity index (χ2v) is 4.97. The van der Waals surface area contributed by atoms with Gasteiger partial charge in [0.05, 0.1) is 12.7 Å². The number of benzene rings is 1. The van der Waals surface area contributed by atoms with Crippen LogP contribution in [0, 0.1) is 0 Å². The summed E-state index contributed by atoms with van der Waals surface area (Å²) in [6.07, 6.45) is 0. The smallest absolute Gasteiger partial charge is 0.277 e. The Morgan fingerprint density at radius 1 is 1.45 bits per heavy atom. The molecule has 0 spiro atoms. The first-order chi connectivity index (χ1) is 10.7. The van der Waals surface area contributed by atoms with Gasteiger partial charge >= 0.3 is 0 Å². The third-order valence-electron chi connectivity index (χ3n) is 2.74. The summed E-state index contributed by atoms with van der Waals surface area (Å²) in [5.41, 5.74) is 0.676. The van der Waals surface area contributed by atoms with Crippen LogP contribution in [0.1, 0.15) is 10.5 Å². The van der Waals surface area contributed by atoms with Crippen LogP contribution in [0.4, 0.5) is 5.95 Å². The zero-order chi connectivity index (χ0) is 15.5. The van der Waals surface area contributed by atoms with E-state index in [2.05, 4.69) is 30.9 Å². The number of thiazole rings is 1. The maximum Gasteiger partial charge on any atom is 0.277 e. The summed E-state index contributed by atoms with van der Waals surface area (Å²) in [4.78, 5) is 16.2. The number of rotatable bonds is 4. The van der Waals surface area contributed by atoms with Gasteiger partial charge in [0.1, 0.15) is 22.2 Å². The zero-order valence-corrected chi connectivity index (χ0v) is 12.1. The summed E-state index contributed by atoms with van der Waals surface area (Å²) >= 11 is 1.23. The van der Waals surface area contributed by atoms with Crippen LogP contribution in [0.2, 0.25) is 0 Å². The molecule has 0 saturated carbocycles. The van der Waals surface area contributed by atoms with E-state index in [1.165, 1.54) is 24.5 Å². The molecule has 3 aromatic rings. The van der Waals surface area contributed by atoms with Crippen LogP contribution in [0.15, 0.2) is 23.6 Å². The second-order valence-electron chi connectivity index (χ2n) is 4.11. The van der Waals surface area contributed by atoms with Crippen molar-refractivity contribution in [1.29, 1.82) is 0 Å². The predicted molar refractivity (Wildman–Crippen MR) is 77.9 cm³/mol. The molecule has 9 nitrogen and oxygen atoms in total. The van der Waals surface area contributed by atoms with Crippen molar-refractivity contribution in [3.63, 3.8) is 0 Å². The highest BCUT2D eigenvalue weighted by Crippen LogP contribution is 2.34. The molecule has 3 N–H and O–H groups in total. The minimum absolute atomic E-state index is 0.0558. The number of aromatic amines is 1. The fraction of sp³-hybridized carbons (Fsp3) is 0.0833. The van der Waals surface area contributed by atoms with Crippen LogP contribution < -0.4 is 10.1 Å². The third kappa shape index (κ3) is 2.72. The number of phenols is 1. The van der Waals surface area contributed by atoms with Crippen molar-refractivity contribution in [2.75, 3.05) is 12.4 Å². The van der Waals surface area contributed by atoms with E-state index in [-0.39, 0.29) is 17.4 Å². The van der Waals surface area contributed by atoms with E-state index < -0.39 is 5.91 Å². The van der Waals surface area contributed by atoms with E-state index in [4.69, 9.17) is 4.74 Å². The maximum atomic E-state index is 12.0. The molecule has 0 bridgehead atoms. The van der Waals surface area contributed by atoms with Gasteiger partial charge in [0.15, 0.2) is 0 Å². The van der Waals surface area contributed by atoms with Crippen LogP contribution >= 0.6 is 11.3 Å². The Balaban J connectivity index is 1.86. The van der Waals surface area contributed by atoms with Crippen LogP contribution in [0.3, 0.4) is 0 Å². The molecule has 0 radical (unpaired) electrons. The number of nitrogens with zero attached hydrogens (tertiary/aromatic N) is 4. The Labute approximate surface area is 128 Å². The molecule has 0 unspecified atom stereocenters. The van der Waals surface area contributed by atoms with Crippen molar-refractivity contribution in [3.8, 4) is 22.1 Å². The summed E-state index contributed by atoms with van der Waals surface area (Å²) in [5, 5.41) is 27.2. The standard InChI is InChI=1S/C12H10N6O3S/c1-21-6-2-3-9(19)7(4-6)11-13-8(5-22-11)10(20)14-12-15-17-18-16-12/h2-5,19H,1H3,(H2,14,15,16,17,18,20). The number of aromatic hydroxyl groups is 1. The monoisotopic (exact) mass is 318 g/mol. The van der Waals surface area contributed by atoms with Gasteiger partial charge in [0.25, 0.3) is 11.9 Å². The first kappa shape index (κ1) is 13.9. The van der Waals surface area contributed by atoms with Gasteiger partial charge in [0, 0.05) is 5.38 Å². The van der Waals surface area contributed by atoms with Crippen molar-refractivity contribution in [3.05, 3.63) is 29.3 Å². The highest BCUT2D eigenvalue weighted by atomic mass is 32.1. The molecule has 2 heterocycles. The van der Waals surface area contributed by atoms with Crippen molar-refractivity contribution in [2.45, 2.75) is 0 Å². The van der Waals surface area contributed by atoms with Gasteiger partial charge in [-0.05, 0) is 23.4 Å². The van der Waals surface area contributed by atoms with E-state index in [0.717, 1.165) is 0 Å². The molecule has 2 aromatic heterocycles. The molecule has 0 aliphatic heterocycles. The van der Waals surface area contributed by atoms with Crippen molar-refractivity contribution in [1.82, 2.24) is 25.6 Å². The summed E-state index contributed by atoms with van der Waals surface area (Å²) in [5.74, 6) is 0.233. The Kier molecular flexibility index (Phi) is 3.66. The molecular formula is C12H10N6O3S. The molecule has 0 aliphatic carbocycles. The molecular weight excluding hydrogens is 308 g/mol.